The average molecular weight is 351 g/mol. The van der Waals surface area contributed by atoms with E-state index in [1.807, 2.05) is 6.07 Å². The summed E-state index contributed by atoms with van der Waals surface area (Å²) in [6.07, 6.45) is 8.93. The van der Waals surface area contributed by atoms with Gasteiger partial charge in [0.1, 0.15) is 5.75 Å². The number of Topliss-reactive ketones (excluding diaryl/α,β-unsaturated/α-hetero) is 1. The molecule has 0 N–H and O–H groups in total. The number of nitrogens with zero attached hydrogens (tertiary/aromatic N) is 1. The molecule has 2 aromatic carbocycles. The molecule has 0 bridgehead atoms. The Morgan fingerprint density at radius 2 is 1.77 bits per heavy atom. The first-order valence-corrected chi connectivity index (χ1v) is 10.2. The van der Waals surface area contributed by atoms with Gasteiger partial charge < -0.3 is 9.64 Å². The van der Waals surface area contributed by atoms with Crippen LogP contribution in [0.1, 0.15) is 62.2 Å². The van der Waals surface area contributed by atoms with Crippen molar-refractivity contribution < 1.29 is 9.53 Å². The lowest BCUT2D eigenvalue weighted by molar-refractivity contribution is 0.101. The zero-order valence-corrected chi connectivity index (χ0v) is 15.8. The van der Waals surface area contributed by atoms with E-state index in [2.05, 4.69) is 29.2 Å². The maximum absolute atomic E-state index is 12.4. The Bertz CT molecular complexity index is 786. The Kier molecular flexibility index (Phi) is 5.14. The largest absolute Gasteiger partial charge is 0.492 e. The van der Waals surface area contributed by atoms with Crippen LogP contribution in [0.3, 0.4) is 0 Å². The molecular formula is C23H29NO2. The molecule has 0 spiro atoms. The van der Waals surface area contributed by atoms with E-state index in [1.165, 1.54) is 49.6 Å². The lowest BCUT2D eigenvalue weighted by Gasteiger charge is -2.23. The first-order chi connectivity index (χ1) is 12.7. The predicted octanol–water partition coefficient (Wildman–Crippen LogP) is 5.60. The monoisotopic (exact) mass is 351 g/mol. The maximum Gasteiger partial charge on any atom is 0.163 e. The maximum atomic E-state index is 12.4. The number of fused-ring (bicyclic) bond motifs is 1. The normalized spacial score (nSPS) is 18.0. The van der Waals surface area contributed by atoms with Crippen molar-refractivity contribution in [1.82, 2.24) is 0 Å². The number of carbonyl (C=O) groups excluding carboxylic acids is 1. The number of ketones is 1. The third-order valence-corrected chi connectivity index (χ3v) is 6.05. The first-order valence-electron chi connectivity index (χ1n) is 10.2. The molecule has 3 nitrogen and oxygen atoms in total. The summed E-state index contributed by atoms with van der Waals surface area (Å²) in [5, 5.41) is 2.28. The van der Waals surface area contributed by atoms with Crippen molar-refractivity contribution in [1.29, 1.82) is 0 Å². The Balaban J connectivity index is 1.69. The van der Waals surface area contributed by atoms with Crippen LogP contribution in [-0.4, -0.2) is 25.5 Å². The number of rotatable bonds is 6. The molecule has 1 heterocycles. The molecule has 26 heavy (non-hydrogen) atoms. The third kappa shape index (κ3) is 3.44. The van der Waals surface area contributed by atoms with E-state index in [-0.39, 0.29) is 5.78 Å². The summed E-state index contributed by atoms with van der Waals surface area (Å²) >= 11 is 0. The second-order valence-corrected chi connectivity index (χ2v) is 7.86. The van der Waals surface area contributed by atoms with Crippen LogP contribution in [0, 0.1) is 5.92 Å². The Morgan fingerprint density at radius 3 is 2.46 bits per heavy atom. The summed E-state index contributed by atoms with van der Waals surface area (Å²) in [4.78, 5) is 14.8. The minimum Gasteiger partial charge on any atom is -0.492 e. The van der Waals surface area contributed by atoms with Gasteiger partial charge in [0, 0.05) is 29.5 Å². The smallest absolute Gasteiger partial charge is 0.163 e. The van der Waals surface area contributed by atoms with E-state index in [1.54, 1.807) is 6.92 Å². The van der Waals surface area contributed by atoms with Gasteiger partial charge >= 0.3 is 0 Å². The van der Waals surface area contributed by atoms with Crippen molar-refractivity contribution in [3.8, 4) is 5.75 Å². The third-order valence-electron chi connectivity index (χ3n) is 6.05. The van der Waals surface area contributed by atoms with Gasteiger partial charge in [-0.3, -0.25) is 4.79 Å². The molecule has 1 aliphatic heterocycles. The highest BCUT2D eigenvalue weighted by atomic mass is 16.5. The summed E-state index contributed by atoms with van der Waals surface area (Å²) in [6, 6.07) is 10.5. The van der Waals surface area contributed by atoms with Gasteiger partial charge in [0.2, 0.25) is 0 Å². The van der Waals surface area contributed by atoms with Gasteiger partial charge in [-0.2, -0.15) is 0 Å². The number of hydrogen-bond donors (Lipinski definition) is 0. The molecule has 4 rings (SSSR count). The van der Waals surface area contributed by atoms with E-state index < -0.39 is 0 Å². The summed E-state index contributed by atoms with van der Waals surface area (Å²) in [5.41, 5.74) is 1.92. The number of anilines is 1. The van der Waals surface area contributed by atoms with Gasteiger partial charge in [0.15, 0.2) is 5.78 Å². The molecule has 2 fully saturated rings. The topological polar surface area (TPSA) is 29.5 Å². The zero-order chi connectivity index (χ0) is 17.9. The van der Waals surface area contributed by atoms with Crippen molar-refractivity contribution in [2.75, 3.05) is 24.6 Å². The number of carbonyl (C=O) groups is 1. The van der Waals surface area contributed by atoms with Crippen molar-refractivity contribution in [2.24, 2.45) is 5.92 Å². The summed E-state index contributed by atoms with van der Waals surface area (Å²) in [6.45, 7) is 4.51. The minimum atomic E-state index is 0.0899. The van der Waals surface area contributed by atoms with Gasteiger partial charge in [-0.15, -0.1) is 0 Å². The summed E-state index contributed by atoms with van der Waals surface area (Å²) in [7, 11) is 0. The quantitative estimate of drug-likeness (QED) is 0.634. The Morgan fingerprint density at radius 1 is 1.08 bits per heavy atom. The predicted molar refractivity (Wildman–Crippen MR) is 107 cm³/mol. The number of ether oxygens (including phenoxy) is 1. The van der Waals surface area contributed by atoms with Crippen LogP contribution in [0.25, 0.3) is 10.8 Å². The van der Waals surface area contributed by atoms with E-state index in [0.29, 0.717) is 6.61 Å². The van der Waals surface area contributed by atoms with Crippen molar-refractivity contribution in [3.05, 3.63) is 35.9 Å². The fraction of sp³-hybridized carbons (Fsp3) is 0.522. The van der Waals surface area contributed by atoms with Gasteiger partial charge in [-0.1, -0.05) is 49.9 Å². The molecule has 0 aromatic heterocycles. The van der Waals surface area contributed by atoms with Crippen LogP contribution in [0.4, 0.5) is 5.69 Å². The van der Waals surface area contributed by atoms with E-state index >= 15 is 0 Å². The zero-order valence-electron chi connectivity index (χ0n) is 15.8. The molecule has 1 aliphatic carbocycles. The molecule has 0 atom stereocenters. The first kappa shape index (κ1) is 17.4. The molecular weight excluding hydrogens is 322 g/mol. The van der Waals surface area contributed by atoms with E-state index in [9.17, 15) is 4.79 Å². The molecule has 3 heteroatoms. The second-order valence-electron chi connectivity index (χ2n) is 7.86. The van der Waals surface area contributed by atoms with Crippen molar-refractivity contribution >= 4 is 22.2 Å². The van der Waals surface area contributed by atoms with Gasteiger partial charge in [0.05, 0.1) is 12.2 Å². The second kappa shape index (κ2) is 7.69. The fourth-order valence-electron chi connectivity index (χ4n) is 4.59. The Labute approximate surface area is 156 Å². The van der Waals surface area contributed by atoms with Crippen LogP contribution < -0.4 is 9.64 Å². The Hall–Kier alpha value is -2.03. The van der Waals surface area contributed by atoms with Crippen molar-refractivity contribution in [3.63, 3.8) is 0 Å². The standard InChI is InChI=1S/C23H29NO2/c1-17(25)21-16-22(24-13-6-7-14-24)19-10-4-5-11-20(19)23(21)26-15-12-18-8-2-3-9-18/h4-5,10-11,16,18H,2-3,6-9,12-15H2,1H3. The van der Waals surface area contributed by atoms with Crippen LogP contribution in [0.2, 0.25) is 0 Å². The van der Waals surface area contributed by atoms with Crippen LogP contribution >= 0.6 is 0 Å². The molecule has 138 valence electrons. The minimum absolute atomic E-state index is 0.0899. The number of hydrogen-bond acceptors (Lipinski definition) is 3. The average Bonchev–Trinajstić information content (AvgIpc) is 3.35. The van der Waals surface area contributed by atoms with Gasteiger partial charge in [0.25, 0.3) is 0 Å². The lowest BCUT2D eigenvalue weighted by Crippen LogP contribution is -2.19. The van der Waals surface area contributed by atoms with Gasteiger partial charge in [-0.05, 0) is 38.2 Å². The fourth-order valence-corrected chi connectivity index (χ4v) is 4.59. The molecule has 0 radical (unpaired) electrons. The van der Waals surface area contributed by atoms with E-state index in [4.69, 9.17) is 4.74 Å². The highest BCUT2D eigenvalue weighted by Crippen LogP contribution is 2.39. The SMILES string of the molecule is CC(=O)c1cc(N2CCCC2)c2ccccc2c1OCCC1CCCC1. The number of benzene rings is 2. The molecule has 0 unspecified atom stereocenters. The van der Waals surface area contributed by atoms with Crippen LogP contribution in [0.15, 0.2) is 30.3 Å². The highest BCUT2D eigenvalue weighted by molar-refractivity contribution is 6.08. The van der Waals surface area contributed by atoms with Crippen molar-refractivity contribution in [2.45, 2.75) is 51.9 Å². The molecule has 1 saturated carbocycles. The molecule has 2 aromatic rings. The highest BCUT2D eigenvalue weighted by Gasteiger charge is 2.22. The molecule has 1 saturated heterocycles. The van der Waals surface area contributed by atoms with Crippen LogP contribution in [-0.2, 0) is 0 Å². The lowest BCUT2D eigenvalue weighted by atomic mass is 10.00. The molecule has 2 aliphatic rings. The van der Waals surface area contributed by atoms with Gasteiger partial charge in [-0.25, -0.2) is 0 Å². The van der Waals surface area contributed by atoms with Crippen LogP contribution in [0.5, 0.6) is 5.75 Å². The van der Waals surface area contributed by atoms with E-state index in [0.717, 1.165) is 42.1 Å². The summed E-state index contributed by atoms with van der Waals surface area (Å²) in [5.74, 6) is 1.67. The molecule has 0 amide bonds. The summed E-state index contributed by atoms with van der Waals surface area (Å²) < 4.78 is 6.25.